The molecule has 0 spiro atoms. The summed E-state index contributed by atoms with van der Waals surface area (Å²) in [5, 5.41) is 3.34. The van der Waals surface area contributed by atoms with Crippen molar-refractivity contribution in [2.45, 2.75) is 45.7 Å². The molecule has 0 amide bonds. The maximum Gasteiger partial charge on any atom is 0.333 e. The number of carbonyl (C=O) groups is 2. The summed E-state index contributed by atoms with van der Waals surface area (Å²) >= 11 is 0. The van der Waals surface area contributed by atoms with Crippen molar-refractivity contribution in [3.63, 3.8) is 0 Å². The molecule has 0 saturated heterocycles. The Hall–Kier alpha value is -4.40. The van der Waals surface area contributed by atoms with Crippen molar-refractivity contribution in [3.05, 3.63) is 103 Å². The van der Waals surface area contributed by atoms with Crippen LogP contribution in [0.3, 0.4) is 0 Å². The first-order chi connectivity index (χ1) is 18.6. The molecule has 0 saturated carbocycles. The zero-order valence-electron chi connectivity index (χ0n) is 22.4. The Labute approximate surface area is 225 Å². The molecule has 2 aliphatic rings. The lowest BCUT2D eigenvalue weighted by Crippen LogP contribution is -2.47. The summed E-state index contributed by atoms with van der Waals surface area (Å²) in [6.07, 6.45) is 0.903. The monoisotopic (exact) mass is 529 g/mol. The third kappa shape index (κ3) is 4.80. The largest absolute Gasteiger partial charge is 0.497 e. The summed E-state index contributed by atoms with van der Waals surface area (Å²) in [6.45, 7) is 3.67. The van der Waals surface area contributed by atoms with E-state index in [1.165, 1.54) is 11.7 Å². The van der Waals surface area contributed by atoms with Gasteiger partial charge in [0.05, 0.1) is 26.3 Å². The second kappa shape index (κ2) is 10.1. The van der Waals surface area contributed by atoms with Gasteiger partial charge >= 0.3 is 11.7 Å². The van der Waals surface area contributed by atoms with Gasteiger partial charge in [0.15, 0.2) is 5.78 Å². The van der Waals surface area contributed by atoms with E-state index in [0.717, 1.165) is 10.1 Å². The molecule has 5 rings (SSSR count). The summed E-state index contributed by atoms with van der Waals surface area (Å²) in [4.78, 5) is 53.7. The van der Waals surface area contributed by atoms with Crippen molar-refractivity contribution < 1.29 is 19.1 Å². The molecule has 2 heterocycles. The number of anilines is 1. The van der Waals surface area contributed by atoms with Gasteiger partial charge in [-0.05, 0) is 35.1 Å². The maximum atomic E-state index is 14.0. The highest BCUT2D eigenvalue weighted by atomic mass is 16.5. The molecule has 1 N–H and O–H groups in total. The van der Waals surface area contributed by atoms with Crippen LogP contribution in [0.5, 0.6) is 5.75 Å². The van der Waals surface area contributed by atoms with Gasteiger partial charge in [0, 0.05) is 23.6 Å². The van der Waals surface area contributed by atoms with Gasteiger partial charge in [-0.3, -0.25) is 19.0 Å². The first kappa shape index (κ1) is 26.2. The fraction of sp³-hybridized carbons (Fsp3) is 0.333. The van der Waals surface area contributed by atoms with E-state index in [4.69, 9.17) is 9.47 Å². The number of rotatable bonds is 6. The fourth-order valence-electron chi connectivity index (χ4n) is 5.56. The molecule has 202 valence electrons. The number of nitrogens with one attached hydrogen (secondary N) is 1. The minimum absolute atomic E-state index is 0.0556. The number of hydrogen-bond acceptors (Lipinski definition) is 7. The van der Waals surface area contributed by atoms with Crippen molar-refractivity contribution >= 4 is 17.6 Å². The molecular weight excluding hydrogens is 498 g/mol. The number of ether oxygens (including phenoxy) is 2. The van der Waals surface area contributed by atoms with Crippen molar-refractivity contribution in [3.8, 4) is 5.75 Å². The summed E-state index contributed by atoms with van der Waals surface area (Å²) in [6, 6.07) is 16.6. The van der Waals surface area contributed by atoms with Crippen LogP contribution in [0.1, 0.15) is 49.3 Å². The zero-order valence-corrected chi connectivity index (χ0v) is 22.4. The lowest BCUT2D eigenvalue weighted by atomic mass is 9.69. The predicted molar refractivity (Wildman–Crippen MR) is 146 cm³/mol. The number of aromatic nitrogens is 2. The number of nitrogens with zero attached hydrogens (tertiary/aromatic N) is 2. The Kier molecular flexibility index (Phi) is 6.76. The van der Waals surface area contributed by atoms with Crippen LogP contribution in [0.25, 0.3) is 0 Å². The average molecular weight is 530 g/mol. The molecule has 39 heavy (non-hydrogen) atoms. The van der Waals surface area contributed by atoms with Crippen molar-refractivity contribution in [2.24, 2.45) is 5.41 Å². The van der Waals surface area contributed by atoms with Crippen molar-refractivity contribution in [1.29, 1.82) is 0 Å². The highest BCUT2D eigenvalue weighted by Crippen LogP contribution is 2.48. The molecule has 0 fully saturated rings. The number of benzene rings is 2. The predicted octanol–water partition coefficient (Wildman–Crippen LogP) is 3.44. The number of esters is 1. The first-order valence-corrected chi connectivity index (χ1v) is 12.8. The standard InChI is InChI=1S/C30H31N3O6/c1-30(2)14-21-25(22(34)15-30)24(19-10-12-20(38-3)13-11-19)26-27(31-21)32(16-18-8-6-5-7-9-18)29(37)33(28(26)36)17-23(35)39-4/h5-13,24,31H,14-17H2,1-4H3. The second-order valence-electron chi connectivity index (χ2n) is 10.7. The van der Waals surface area contributed by atoms with Crippen LogP contribution in [0.2, 0.25) is 0 Å². The van der Waals surface area contributed by atoms with Gasteiger partial charge < -0.3 is 14.8 Å². The van der Waals surface area contributed by atoms with Gasteiger partial charge in [0.25, 0.3) is 5.56 Å². The van der Waals surface area contributed by atoms with Crippen LogP contribution in [-0.2, 0) is 27.4 Å². The zero-order chi connectivity index (χ0) is 27.9. The van der Waals surface area contributed by atoms with E-state index in [1.807, 2.05) is 56.3 Å². The topological polar surface area (TPSA) is 109 Å². The number of hydrogen-bond donors (Lipinski definition) is 1. The van der Waals surface area contributed by atoms with Crippen LogP contribution in [0.15, 0.2) is 75.5 Å². The van der Waals surface area contributed by atoms with Gasteiger partial charge in [0.1, 0.15) is 18.1 Å². The molecule has 3 aromatic rings. The van der Waals surface area contributed by atoms with Gasteiger partial charge in [-0.2, -0.15) is 0 Å². The molecule has 9 nitrogen and oxygen atoms in total. The van der Waals surface area contributed by atoms with Gasteiger partial charge in [-0.15, -0.1) is 0 Å². The first-order valence-electron chi connectivity index (χ1n) is 12.8. The summed E-state index contributed by atoms with van der Waals surface area (Å²) in [7, 11) is 2.77. The van der Waals surface area contributed by atoms with Crippen LogP contribution >= 0.6 is 0 Å². The quantitative estimate of drug-likeness (QED) is 0.488. The van der Waals surface area contributed by atoms with Gasteiger partial charge in [0.2, 0.25) is 0 Å². The smallest absolute Gasteiger partial charge is 0.333 e. The van der Waals surface area contributed by atoms with Gasteiger partial charge in [-0.25, -0.2) is 9.36 Å². The van der Waals surface area contributed by atoms with E-state index in [-0.39, 0.29) is 23.3 Å². The summed E-state index contributed by atoms with van der Waals surface area (Å²) < 4.78 is 12.5. The van der Waals surface area contributed by atoms with E-state index in [9.17, 15) is 19.2 Å². The molecule has 1 aliphatic heterocycles. The SMILES string of the molecule is COC(=O)Cn1c(=O)c2c(n(Cc3ccccc3)c1=O)NC1=C(C(=O)CC(C)(C)C1)C2c1ccc(OC)cc1. The van der Waals surface area contributed by atoms with Crippen molar-refractivity contribution in [1.82, 2.24) is 9.13 Å². The summed E-state index contributed by atoms with van der Waals surface area (Å²) in [5.41, 5.74) is 1.44. The van der Waals surface area contributed by atoms with Crippen LogP contribution in [0, 0.1) is 5.41 Å². The Bertz CT molecular complexity index is 1600. The minimum atomic E-state index is -0.732. The van der Waals surface area contributed by atoms with E-state index < -0.39 is 29.7 Å². The molecule has 1 atom stereocenters. The number of methoxy groups -OCH3 is 2. The summed E-state index contributed by atoms with van der Waals surface area (Å²) in [5.74, 6) is -0.541. The average Bonchev–Trinajstić information content (AvgIpc) is 2.92. The third-order valence-electron chi connectivity index (χ3n) is 7.38. The number of carbonyl (C=O) groups excluding carboxylic acids is 2. The minimum Gasteiger partial charge on any atom is -0.497 e. The number of allylic oxidation sites excluding steroid dienone is 2. The molecule has 0 bridgehead atoms. The lowest BCUT2D eigenvalue weighted by Gasteiger charge is -2.39. The van der Waals surface area contributed by atoms with Crippen LogP contribution in [0.4, 0.5) is 5.82 Å². The highest BCUT2D eigenvalue weighted by Gasteiger charge is 2.43. The Balaban J connectivity index is 1.82. The molecule has 2 aromatic carbocycles. The normalized spacial score (nSPS) is 17.6. The Morgan fingerprint density at radius 1 is 0.974 bits per heavy atom. The van der Waals surface area contributed by atoms with Gasteiger partial charge in [-0.1, -0.05) is 56.3 Å². The number of ketones is 1. The number of Topliss-reactive ketones (excluding diaryl/α,β-unsaturated/α-hetero) is 1. The van der Waals surface area contributed by atoms with E-state index >= 15 is 0 Å². The molecule has 1 aliphatic carbocycles. The molecule has 9 heteroatoms. The van der Waals surface area contributed by atoms with Crippen LogP contribution in [-0.4, -0.2) is 35.1 Å². The van der Waals surface area contributed by atoms with E-state index in [0.29, 0.717) is 41.2 Å². The van der Waals surface area contributed by atoms with E-state index in [1.54, 1.807) is 19.2 Å². The molecule has 0 radical (unpaired) electrons. The molecular formula is C30H31N3O6. The Morgan fingerprint density at radius 2 is 1.67 bits per heavy atom. The lowest BCUT2D eigenvalue weighted by molar-refractivity contribution is -0.141. The van der Waals surface area contributed by atoms with Crippen LogP contribution < -0.4 is 21.3 Å². The van der Waals surface area contributed by atoms with Crippen molar-refractivity contribution in [2.75, 3.05) is 19.5 Å². The maximum absolute atomic E-state index is 14.0. The molecule has 1 unspecified atom stereocenters. The third-order valence-corrected chi connectivity index (χ3v) is 7.38. The molecule has 1 aromatic heterocycles. The Morgan fingerprint density at radius 3 is 2.31 bits per heavy atom. The number of fused-ring (bicyclic) bond motifs is 1. The fourth-order valence-corrected chi connectivity index (χ4v) is 5.56. The highest BCUT2D eigenvalue weighted by molar-refractivity contribution is 6.01. The second-order valence-corrected chi connectivity index (χ2v) is 10.7. The van der Waals surface area contributed by atoms with E-state index in [2.05, 4.69) is 5.32 Å².